The molecule has 0 N–H and O–H groups in total. The van der Waals surface area contributed by atoms with Crippen LogP contribution in [0.1, 0.15) is 29.6 Å². The Morgan fingerprint density at radius 1 is 0.697 bits per heavy atom. The van der Waals surface area contributed by atoms with Crippen molar-refractivity contribution in [3.8, 4) is 16.9 Å². The van der Waals surface area contributed by atoms with E-state index in [-0.39, 0.29) is 11.8 Å². The minimum absolute atomic E-state index is 0.0279. The van der Waals surface area contributed by atoms with Crippen molar-refractivity contribution in [1.29, 1.82) is 0 Å². The fourth-order valence-corrected chi connectivity index (χ4v) is 4.08. The van der Waals surface area contributed by atoms with Gasteiger partial charge in [-0.3, -0.25) is 9.59 Å². The van der Waals surface area contributed by atoms with Crippen molar-refractivity contribution in [3.63, 3.8) is 0 Å². The largest absolute Gasteiger partial charge is 0.494 e. The van der Waals surface area contributed by atoms with Gasteiger partial charge in [-0.1, -0.05) is 60.7 Å². The Morgan fingerprint density at radius 3 is 2.03 bits per heavy atom. The maximum absolute atomic E-state index is 13.0. The summed E-state index contributed by atoms with van der Waals surface area (Å²) < 4.78 is 5.68. The molecule has 5 nitrogen and oxygen atoms in total. The molecule has 1 heterocycles. The highest BCUT2D eigenvalue weighted by molar-refractivity contribution is 5.94. The number of hydrogen-bond donors (Lipinski definition) is 0. The molecule has 0 aromatic heterocycles. The molecule has 0 unspecified atom stereocenters. The maximum Gasteiger partial charge on any atom is 0.253 e. The molecule has 0 atom stereocenters. The van der Waals surface area contributed by atoms with Gasteiger partial charge in [0.15, 0.2) is 0 Å². The third kappa shape index (κ3) is 6.22. The summed E-state index contributed by atoms with van der Waals surface area (Å²) >= 11 is 0. The highest BCUT2D eigenvalue weighted by atomic mass is 16.5. The molecule has 0 aliphatic carbocycles. The van der Waals surface area contributed by atoms with Crippen LogP contribution in [0.2, 0.25) is 0 Å². The summed E-state index contributed by atoms with van der Waals surface area (Å²) in [6.07, 6.45) is 1.93. The van der Waals surface area contributed by atoms with E-state index in [0.717, 1.165) is 23.3 Å². The van der Waals surface area contributed by atoms with Gasteiger partial charge in [0.05, 0.1) is 6.61 Å². The number of benzene rings is 3. The van der Waals surface area contributed by atoms with Crippen LogP contribution < -0.4 is 4.74 Å². The minimum Gasteiger partial charge on any atom is -0.494 e. The lowest BCUT2D eigenvalue weighted by molar-refractivity contribution is -0.131. The summed E-state index contributed by atoms with van der Waals surface area (Å²) in [5, 5.41) is 0. The molecule has 170 valence electrons. The van der Waals surface area contributed by atoms with E-state index in [0.29, 0.717) is 51.2 Å². The number of carbonyl (C=O) groups excluding carboxylic acids is 2. The zero-order valence-corrected chi connectivity index (χ0v) is 18.9. The lowest BCUT2D eigenvalue weighted by Gasteiger charge is -2.22. The highest BCUT2D eigenvalue weighted by Gasteiger charge is 2.22. The van der Waals surface area contributed by atoms with Crippen LogP contribution in [-0.4, -0.2) is 54.4 Å². The first kappa shape index (κ1) is 22.6. The SMILES string of the molecule is O=C(CCCOc1ccccc1)N1CCCN(C(=O)c2ccc(-c3ccccc3)cc2)CC1. The molecule has 2 amide bonds. The van der Waals surface area contributed by atoms with E-state index in [9.17, 15) is 9.59 Å². The standard InChI is InChI=1S/C28H30N2O3/c31-27(13-7-22-33-26-11-5-2-6-12-26)29-18-8-19-30(21-20-29)28(32)25-16-14-24(15-17-25)23-9-3-1-4-10-23/h1-6,9-12,14-17H,7-8,13,18-22H2. The number of hydrogen-bond acceptors (Lipinski definition) is 3. The van der Waals surface area contributed by atoms with E-state index < -0.39 is 0 Å². The smallest absolute Gasteiger partial charge is 0.253 e. The molecular formula is C28H30N2O3. The van der Waals surface area contributed by atoms with Crippen molar-refractivity contribution in [2.24, 2.45) is 0 Å². The van der Waals surface area contributed by atoms with Crippen LogP contribution in [0.3, 0.4) is 0 Å². The van der Waals surface area contributed by atoms with E-state index in [1.54, 1.807) is 0 Å². The van der Waals surface area contributed by atoms with Crippen molar-refractivity contribution in [3.05, 3.63) is 90.5 Å². The molecule has 5 heteroatoms. The molecule has 0 radical (unpaired) electrons. The molecule has 0 bridgehead atoms. The van der Waals surface area contributed by atoms with Crippen LogP contribution >= 0.6 is 0 Å². The monoisotopic (exact) mass is 442 g/mol. The van der Waals surface area contributed by atoms with E-state index >= 15 is 0 Å². The molecule has 33 heavy (non-hydrogen) atoms. The van der Waals surface area contributed by atoms with Gasteiger partial charge in [-0.2, -0.15) is 0 Å². The van der Waals surface area contributed by atoms with E-state index in [4.69, 9.17) is 4.74 Å². The Balaban J connectivity index is 1.25. The Hall–Kier alpha value is -3.60. The van der Waals surface area contributed by atoms with Crippen LogP contribution in [0.15, 0.2) is 84.9 Å². The molecular weight excluding hydrogens is 412 g/mol. The predicted octanol–water partition coefficient (Wildman–Crippen LogP) is 4.89. The first-order valence-electron chi connectivity index (χ1n) is 11.6. The lowest BCUT2D eigenvalue weighted by Crippen LogP contribution is -2.37. The Kier molecular flexibility index (Phi) is 7.75. The average Bonchev–Trinajstić information content (AvgIpc) is 3.14. The van der Waals surface area contributed by atoms with Crippen molar-refractivity contribution < 1.29 is 14.3 Å². The van der Waals surface area contributed by atoms with Gasteiger partial charge in [0, 0.05) is 38.2 Å². The van der Waals surface area contributed by atoms with Gasteiger partial charge in [-0.15, -0.1) is 0 Å². The van der Waals surface area contributed by atoms with Crippen LogP contribution in [0, 0.1) is 0 Å². The topological polar surface area (TPSA) is 49.9 Å². The molecule has 0 spiro atoms. The van der Waals surface area contributed by atoms with Crippen molar-refractivity contribution in [1.82, 2.24) is 9.80 Å². The van der Waals surface area contributed by atoms with Crippen molar-refractivity contribution >= 4 is 11.8 Å². The maximum atomic E-state index is 13.0. The second-order valence-corrected chi connectivity index (χ2v) is 8.23. The summed E-state index contributed by atoms with van der Waals surface area (Å²) in [5.74, 6) is 0.985. The van der Waals surface area contributed by atoms with Gasteiger partial charge in [-0.05, 0) is 48.2 Å². The minimum atomic E-state index is 0.0279. The molecule has 1 fully saturated rings. The quantitative estimate of drug-likeness (QED) is 0.490. The second-order valence-electron chi connectivity index (χ2n) is 8.23. The lowest BCUT2D eigenvalue weighted by atomic mass is 10.0. The first-order chi connectivity index (χ1) is 16.2. The number of nitrogens with zero attached hydrogens (tertiary/aromatic N) is 2. The van der Waals surface area contributed by atoms with Crippen molar-refractivity contribution in [2.75, 3.05) is 32.8 Å². The first-order valence-corrected chi connectivity index (χ1v) is 11.6. The summed E-state index contributed by atoms with van der Waals surface area (Å²) in [6.45, 7) is 3.01. The average molecular weight is 443 g/mol. The van der Waals surface area contributed by atoms with E-state index in [1.165, 1.54) is 0 Å². The summed E-state index contributed by atoms with van der Waals surface area (Å²) in [5.41, 5.74) is 2.91. The molecule has 1 aliphatic rings. The van der Waals surface area contributed by atoms with Gasteiger partial charge in [0.2, 0.25) is 5.91 Å². The van der Waals surface area contributed by atoms with Crippen molar-refractivity contribution in [2.45, 2.75) is 19.3 Å². The third-order valence-electron chi connectivity index (χ3n) is 5.92. The predicted molar refractivity (Wildman–Crippen MR) is 130 cm³/mol. The number of rotatable bonds is 7. The number of amides is 2. The highest BCUT2D eigenvalue weighted by Crippen LogP contribution is 2.20. The Bertz CT molecular complexity index is 1040. The fraction of sp³-hybridized carbons (Fsp3) is 0.286. The fourth-order valence-electron chi connectivity index (χ4n) is 4.08. The van der Waals surface area contributed by atoms with Crippen LogP contribution in [0.4, 0.5) is 0 Å². The van der Waals surface area contributed by atoms with Gasteiger partial charge in [0.1, 0.15) is 5.75 Å². The van der Waals surface area contributed by atoms with E-state index in [2.05, 4.69) is 12.1 Å². The number of para-hydroxylation sites is 1. The Morgan fingerprint density at radius 2 is 1.30 bits per heavy atom. The van der Waals surface area contributed by atoms with Gasteiger partial charge in [0.25, 0.3) is 5.91 Å². The number of carbonyl (C=O) groups is 2. The molecule has 1 aliphatic heterocycles. The van der Waals surface area contributed by atoms with Crippen LogP contribution in [-0.2, 0) is 4.79 Å². The van der Waals surface area contributed by atoms with Gasteiger partial charge >= 0.3 is 0 Å². The zero-order valence-electron chi connectivity index (χ0n) is 18.9. The van der Waals surface area contributed by atoms with Crippen LogP contribution in [0.25, 0.3) is 11.1 Å². The number of ether oxygens (including phenoxy) is 1. The molecule has 3 aromatic rings. The Labute approximate surface area is 195 Å². The summed E-state index contributed by atoms with van der Waals surface area (Å²) in [6, 6.07) is 27.5. The molecule has 0 saturated carbocycles. The van der Waals surface area contributed by atoms with E-state index in [1.807, 2.05) is 82.6 Å². The summed E-state index contributed by atoms with van der Waals surface area (Å²) in [4.78, 5) is 29.4. The van der Waals surface area contributed by atoms with Crippen LogP contribution in [0.5, 0.6) is 5.75 Å². The van der Waals surface area contributed by atoms with Gasteiger partial charge in [-0.25, -0.2) is 0 Å². The zero-order chi connectivity index (χ0) is 22.9. The second kappa shape index (κ2) is 11.3. The molecule has 1 saturated heterocycles. The molecule has 3 aromatic carbocycles. The molecule has 4 rings (SSSR count). The third-order valence-corrected chi connectivity index (χ3v) is 5.92. The normalized spacial score (nSPS) is 13.9. The summed E-state index contributed by atoms with van der Waals surface area (Å²) in [7, 11) is 0. The van der Waals surface area contributed by atoms with Gasteiger partial charge < -0.3 is 14.5 Å².